The van der Waals surface area contributed by atoms with E-state index in [1.54, 1.807) is 40.0 Å². The average Bonchev–Trinajstić information content (AvgIpc) is 2.84. The number of rotatable bonds is 6. The van der Waals surface area contributed by atoms with Crippen molar-refractivity contribution in [1.82, 2.24) is 20.7 Å². The van der Waals surface area contributed by atoms with E-state index in [2.05, 4.69) is 20.7 Å². The van der Waals surface area contributed by atoms with E-state index in [1.807, 2.05) is 17.0 Å². The van der Waals surface area contributed by atoms with Crippen molar-refractivity contribution >= 4 is 23.8 Å². The number of piperazine rings is 1. The van der Waals surface area contributed by atoms with Gasteiger partial charge in [-0.1, -0.05) is 12.1 Å². The van der Waals surface area contributed by atoms with Gasteiger partial charge in [0.2, 0.25) is 5.91 Å². The molecule has 0 saturated carbocycles. The number of nitrogens with zero attached hydrogens (tertiary/aromatic N) is 3. The first-order chi connectivity index (χ1) is 17.5. The third-order valence-electron chi connectivity index (χ3n) is 5.70. The number of carbonyl (C=O) groups excluding carboxylic acids is 3. The van der Waals surface area contributed by atoms with Gasteiger partial charge in [0.15, 0.2) is 0 Å². The molecule has 37 heavy (non-hydrogen) atoms. The zero-order valence-electron chi connectivity index (χ0n) is 21.6. The highest BCUT2D eigenvalue weighted by atomic mass is 19.1. The van der Waals surface area contributed by atoms with Crippen molar-refractivity contribution in [3.63, 3.8) is 0 Å². The van der Waals surface area contributed by atoms with E-state index in [0.29, 0.717) is 31.5 Å². The SMILES string of the molecule is CC(=O)N1CCN(c2ccc(CCC(OC(=O)NNC(=O)OC(C)(C)C)c3cccc(F)c3)nc2)CC1. The van der Waals surface area contributed by atoms with Gasteiger partial charge in [-0.25, -0.2) is 24.8 Å². The number of amides is 3. The predicted molar refractivity (Wildman–Crippen MR) is 135 cm³/mol. The van der Waals surface area contributed by atoms with Crippen LogP contribution in [0.3, 0.4) is 0 Å². The second kappa shape index (κ2) is 12.4. The van der Waals surface area contributed by atoms with Gasteiger partial charge in [-0.15, -0.1) is 0 Å². The summed E-state index contributed by atoms with van der Waals surface area (Å²) in [5, 5.41) is 0. The lowest BCUT2D eigenvalue weighted by Crippen LogP contribution is -2.48. The highest BCUT2D eigenvalue weighted by Gasteiger charge is 2.21. The lowest BCUT2D eigenvalue weighted by molar-refractivity contribution is -0.129. The second-order valence-electron chi connectivity index (χ2n) is 9.74. The maximum atomic E-state index is 13.9. The molecule has 1 atom stereocenters. The van der Waals surface area contributed by atoms with E-state index in [4.69, 9.17) is 9.47 Å². The minimum Gasteiger partial charge on any atom is -0.443 e. The molecule has 1 aromatic heterocycles. The minimum absolute atomic E-state index is 0.0810. The maximum absolute atomic E-state index is 13.9. The normalized spacial score (nSPS) is 14.5. The van der Waals surface area contributed by atoms with Gasteiger partial charge in [0.1, 0.15) is 17.5 Å². The number of aryl methyl sites for hydroxylation is 1. The van der Waals surface area contributed by atoms with Gasteiger partial charge in [0.25, 0.3) is 0 Å². The Morgan fingerprint density at radius 1 is 1.05 bits per heavy atom. The maximum Gasteiger partial charge on any atom is 0.426 e. The molecular formula is C26H34FN5O5. The molecule has 2 N–H and O–H groups in total. The Balaban J connectivity index is 1.58. The number of hydrogen-bond acceptors (Lipinski definition) is 7. The summed E-state index contributed by atoms with van der Waals surface area (Å²) in [6, 6.07) is 9.69. The average molecular weight is 516 g/mol. The van der Waals surface area contributed by atoms with Gasteiger partial charge in [0.05, 0.1) is 11.9 Å². The van der Waals surface area contributed by atoms with E-state index in [9.17, 15) is 18.8 Å². The fraction of sp³-hybridized carbons (Fsp3) is 0.462. The molecule has 1 unspecified atom stereocenters. The summed E-state index contributed by atoms with van der Waals surface area (Å²) in [7, 11) is 0. The molecule has 1 fully saturated rings. The standard InChI is InChI=1S/C26H34FN5O5/c1-18(33)31-12-14-32(15-13-31)22-10-8-21(28-17-22)9-11-23(19-6-5-7-20(27)16-19)36-24(34)29-30-25(35)37-26(2,3)4/h5-8,10,16-17,23H,9,11-15H2,1-4H3,(H,29,34)(H,30,35). The largest absolute Gasteiger partial charge is 0.443 e. The third kappa shape index (κ3) is 8.93. The Labute approximate surface area is 216 Å². The van der Waals surface area contributed by atoms with Gasteiger partial charge >= 0.3 is 12.2 Å². The molecule has 1 aliphatic rings. The molecule has 10 nitrogen and oxygen atoms in total. The molecule has 0 spiro atoms. The number of ether oxygens (including phenoxy) is 2. The minimum atomic E-state index is -0.909. The van der Waals surface area contributed by atoms with Crippen molar-refractivity contribution in [3.05, 3.63) is 59.7 Å². The van der Waals surface area contributed by atoms with Crippen LogP contribution >= 0.6 is 0 Å². The van der Waals surface area contributed by atoms with E-state index in [-0.39, 0.29) is 5.91 Å². The number of anilines is 1. The first-order valence-corrected chi connectivity index (χ1v) is 12.2. The molecule has 0 radical (unpaired) electrons. The van der Waals surface area contributed by atoms with Crippen LogP contribution in [0.25, 0.3) is 0 Å². The van der Waals surface area contributed by atoms with Crippen LogP contribution in [-0.4, -0.2) is 59.8 Å². The molecule has 1 aliphatic heterocycles. The smallest absolute Gasteiger partial charge is 0.426 e. The van der Waals surface area contributed by atoms with Crippen LogP contribution in [0.2, 0.25) is 0 Å². The van der Waals surface area contributed by atoms with Crippen LogP contribution in [0.15, 0.2) is 42.6 Å². The quantitative estimate of drug-likeness (QED) is 0.564. The monoisotopic (exact) mass is 515 g/mol. The zero-order chi connectivity index (χ0) is 27.0. The van der Waals surface area contributed by atoms with E-state index in [1.165, 1.54) is 18.2 Å². The number of hydrazine groups is 1. The zero-order valence-corrected chi connectivity index (χ0v) is 21.6. The summed E-state index contributed by atoms with van der Waals surface area (Å²) in [5.41, 5.74) is 5.77. The van der Waals surface area contributed by atoms with Crippen molar-refractivity contribution in [3.8, 4) is 0 Å². The van der Waals surface area contributed by atoms with Crippen LogP contribution in [0.5, 0.6) is 0 Å². The Morgan fingerprint density at radius 3 is 2.35 bits per heavy atom. The molecule has 0 aliphatic carbocycles. The fourth-order valence-electron chi connectivity index (χ4n) is 3.87. The summed E-state index contributed by atoms with van der Waals surface area (Å²) in [4.78, 5) is 44.2. The molecule has 2 aromatic rings. The number of halogens is 1. The van der Waals surface area contributed by atoms with Gasteiger partial charge in [0, 0.05) is 38.8 Å². The Hall–Kier alpha value is -3.89. The fourth-order valence-corrected chi connectivity index (χ4v) is 3.87. The molecular weight excluding hydrogens is 481 g/mol. The molecule has 3 amide bonds. The number of carbonyl (C=O) groups is 3. The highest BCUT2D eigenvalue weighted by Crippen LogP contribution is 2.25. The van der Waals surface area contributed by atoms with E-state index >= 15 is 0 Å². The van der Waals surface area contributed by atoms with Crippen molar-refractivity contribution in [1.29, 1.82) is 0 Å². The van der Waals surface area contributed by atoms with Crippen LogP contribution in [-0.2, 0) is 20.7 Å². The Morgan fingerprint density at radius 2 is 1.76 bits per heavy atom. The highest BCUT2D eigenvalue weighted by molar-refractivity contribution is 5.74. The third-order valence-corrected chi connectivity index (χ3v) is 5.70. The summed E-state index contributed by atoms with van der Waals surface area (Å²) in [5.74, 6) is -0.372. The molecule has 0 bridgehead atoms. The lowest BCUT2D eigenvalue weighted by Gasteiger charge is -2.35. The van der Waals surface area contributed by atoms with Gasteiger partial charge in [-0.05, 0) is 63.4 Å². The van der Waals surface area contributed by atoms with Crippen molar-refractivity contribution in [2.75, 3.05) is 31.1 Å². The van der Waals surface area contributed by atoms with Crippen molar-refractivity contribution in [2.45, 2.75) is 52.2 Å². The van der Waals surface area contributed by atoms with Crippen LogP contribution in [0.4, 0.5) is 19.7 Å². The van der Waals surface area contributed by atoms with Gasteiger partial charge in [-0.2, -0.15) is 0 Å². The molecule has 200 valence electrons. The topological polar surface area (TPSA) is 113 Å². The second-order valence-corrected chi connectivity index (χ2v) is 9.74. The van der Waals surface area contributed by atoms with E-state index in [0.717, 1.165) is 24.5 Å². The summed E-state index contributed by atoms with van der Waals surface area (Å²) in [6.07, 6.45) is 0.0669. The molecule has 1 saturated heterocycles. The van der Waals surface area contributed by atoms with Crippen LogP contribution in [0.1, 0.15) is 51.5 Å². The number of benzene rings is 1. The Bertz CT molecular complexity index is 1080. The first kappa shape index (κ1) is 27.7. The molecule has 3 rings (SSSR count). The lowest BCUT2D eigenvalue weighted by atomic mass is 10.0. The summed E-state index contributed by atoms with van der Waals surface area (Å²) in [6.45, 7) is 9.49. The van der Waals surface area contributed by atoms with Gasteiger partial charge in [-0.3, -0.25) is 9.78 Å². The van der Waals surface area contributed by atoms with Crippen molar-refractivity contribution in [2.24, 2.45) is 0 Å². The van der Waals surface area contributed by atoms with Gasteiger partial charge < -0.3 is 19.3 Å². The van der Waals surface area contributed by atoms with Crippen LogP contribution < -0.4 is 15.8 Å². The van der Waals surface area contributed by atoms with E-state index < -0.39 is 29.7 Å². The molecule has 11 heteroatoms. The van der Waals surface area contributed by atoms with Crippen molar-refractivity contribution < 1.29 is 28.2 Å². The van der Waals surface area contributed by atoms with Crippen LogP contribution in [0, 0.1) is 5.82 Å². The number of nitrogens with one attached hydrogen (secondary N) is 2. The Kier molecular flexibility index (Phi) is 9.26. The number of hydrogen-bond donors (Lipinski definition) is 2. The first-order valence-electron chi connectivity index (χ1n) is 12.2. The molecule has 1 aromatic carbocycles. The summed E-state index contributed by atoms with van der Waals surface area (Å²) < 4.78 is 24.4. The predicted octanol–water partition coefficient (Wildman–Crippen LogP) is 3.73. The number of aromatic nitrogens is 1. The molecule has 2 heterocycles. The number of pyridine rings is 1. The summed E-state index contributed by atoms with van der Waals surface area (Å²) >= 11 is 0.